The first-order valence-corrected chi connectivity index (χ1v) is 33.0. The van der Waals surface area contributed by atoms with E-state index in [4.69, 9.17) is 45.9 Å². The van der Waals surface area contributed by atoms with Crippen LogP contribution in [0.1, 0.15) is 116 Å². The van der Waals surface area contributed by atoms with Crippen molar-refractivity contribution in [3.63, 3.8) is 0 Å². The molecule has 4 heterocycles. The molecule has 3 aliphatic heterocycles. The predicted molar refractivity (Wildman–Crippen MR) is 356 cm³/mol. The van der Waals surface area contributed by atoms with E-state index in [9.17, 15) is 82.8 Å². The number of primary amides is 1. The molecule has 4 rings (SSSR count). The number of carboxylic acid groups (broad SMARTS) is 1. The molecule has 29 N–H and O–H groups in total. The van der Waals surface area contributed by atoms with Gasteiger partial charge < -0.3 is 129 Å². The van der Waals surface area contributed by atoms with Crippen molar-refractivity contribution in [2.75, 3.05) is 59.1 Å². The number of aliphatic hydroxyl groups excluding tert-OH is 3. The molecular weight excluding hydrogens is 1320 g/mol. The summed E-state index contributed by atoms with van der Waals surface area (Å²) in [6, 6.07) is -17.4. The first kappa shape index (κ1) is 82.4. The van der Waals surface area contributed by atoms with Crippen LogP contribution in [0.2, 0.25) is 0 Å². The van der Waals surface area contributed by atoms with Gasteiger partial charge in [-0.3, -0.25) is 72.5 Å². The van der Waals surface area contributed by atoms with Crippen molar-refractivity contribution >= 4 is 94.7 Å². The van der Waals surface area contributed by atoms with Gasteiger partial charge in [-0.2, -0.15) is 0 Å². The molecule has 1 aromatic rings. The number of carbonyl (C=O) groups is 13. The van der Waals surface area contributed by atoms with Crippen LogP contribution < -0.4 is 88.4 Å². The minimum atomic E-state index is -1.84. The molecule has 0 aliphatic carbocycles. The lowest BCUT2D eigenvalue weighted by Crippen LogP contribution is -2.62. The van der Waals surface area contributed by atoms with Crippen molar-refractivity contribution in [1.82, 2.24) is 67.2 Å². The molecule has 12 amide bonds. The van der Waals surface area contributed by atoms with E-state index in [1.807, 2.05) is 0 Å². The number of hydrogen-bond donors (Lipinski definition) is 21. The van der Waals surface area contributed by atoms with Crippen LogP contribution in [0, 0.1) is 5.92 Å². The highest BCUT2D eigenvalue weighted by atomic mass is 16.4. The van der Waals surface area contributed by atoms with E-state index in [-0.39, 0.29) is 134 Å². The maximum atomic E-state index is 14.7. The summed E-state index contributed by atoms with van der Waals surface area (Å²) in [5.74, 6) is -13.6. The number of nitrogens with zero attached hydrogens (tertiary/aromatic N) is 7. The van der Waals surface area contributed by atoms with E-state index in [1.54, 1.807) is 6.92 Å². The van der Waals surface area contributed by atoms with Crippen LogP contribution >= 0.6 is 0 Å². The Labute approximate surface area is 576 Å². The SMILES string of the molecule is CC[C@H](C)[C@H](NC(=O)[C@H](CO)NC(=O)[C@H](CCCN=C(N)N)NC(=O)[C@@H]1CCCN1C(=O)[C@@H]1CCCN1C(=O)[C@H](CCC(N)=O)NC(=O)[C@H](CCCN=C(N)N)NC(=O)[C@@H](N)CCCN=C(N)N)C(=O)N[C@@H](CO)C(=O)N[C@@H](CO)C(=O)N[C@@H](Cc1cnc[nH]1)C(=O)N1CCC[C@H]1C(=O)O. The summed E-state index contributed by atoms with van der Waals surface area (Å²) in [5.41, 5.74) is 44.8. The number of aliphatic imine (C=N–C) groups is 3. The lowest BCUT2D eigenvalue weighted by Gasteiger charge is -2.33. The smallest absolute Gasteiger partial charge is 0.326 e. The van der Waals surface area contributed by atoms with Crippen molar-refractivity contribution < 1.29 is 82.8 Å². The Morgan fingerprint density at radius 3 is 1.43 bits per heavy atom. The van der Waals surface area contributed by atoms with E-state index in [0.717, 1.165) is 4.90 Å². The highest BCUT2D eigenvalue weighted by Gasteiger charge is 2.46. The van der Waals surface area contributed by atoms with Crippen molar-refractivity contribution in [2.24, 2.45) is 66.8 Å². The first-order chi connectivity index (χ1) is 47.5. The van der Waals surface area contributed by atoms with Crippen LogP contribution in [-0.2, 0) is 68.7 Å². The summed E-state index contributed by atoms with van der Waals surface area (Å²) in [4.78, 5) is 200. The van der Waals surface area contributed by atoms with Crippen LogP contribution in [-0.4, -0.2) is 271 Å². The van der Waals surface area contributed by atoms with Gasteiger partial charge in [0.05, 0.1) is 32.2 Å². The van der Waals surface area contributed by atoms with Gasteiger partial charge in [-0.25, -0.2) is 9.78 Å². The number of aliphatic hydroxyl groups is 3. The average Bonchev–Trinajstić information content (AvgIpc) is 1.66. The predicted octanol–water partition coefficient (Wildman–Crippen LogP) is -10.3. The van der Waals surface area contributed by atoms with Gasteiger partial charge in [-0.15, -0.1) is 0 Å². The zero-order chi connectivity index (χ0) is 74.3. The number of likely N-dealkylation sites (tertiary alicyclic amines) is 3. The highest BCUT2D eigenvalue weighted by molar-refractivity contribution is 6.00. The number of H-pyrrole nitrogens is 1. The molecule has 1 aromatic heterocycles. The number of aromatic amines is 1. The number of carboxylic acids is 1. The second-order valence-corrected chi connectivity index (χ2v) is 24.5. The van der Waals surface area contributed by atoms with Gasteiger partial charge in [0, 0.05) is 64.0 Å². The van der Waals surface area contributed by atoms with Crippen molar-refractivity contribution in [1.29, 1.82) is 0 Å². The number of nitrogens with one attached hydrogen (secondary N) is 9. The number of guanidine groups is 3. The van der Waals surface area contributed by atoms with E-state index >= 15 is 0 Å². The zero-order valence-electron chi connectivity index (χ0n) is 56.2. The number of aromatic nitrogens is 2. The molecule has 41 nitrogen and oxygen atoms in total. The Balaban J connectivity index is 1.48. The molecular formula is C59H100N24O17. The van der Waals surface area contributed by atoms with E-state index < -0.39 is 182 Å². The number of amides is 12. The molecule has 0 bridgehead atoms. The fourth-order valence-corrected chi connectivity index (χ4v) is 11.5. The first-order valence-electron chi connectivity index (χ1n) is 33.0. The van der Waals surface area contributed by atoms with Gasteiger partial charge in [0.1, 0.15) is 66.5 Å². The van der Waals surface area contributed by atoms with Gasteiger partial charge >= 0.3 is 5.97 Å². The second kappa shape index (κ2) is 41.4. The summed E-state index contributed by atoms with van der Waals surface area (Å²) in [6.07, 6.45) is 3.70. The maximum Gasteiger partial charge on any atom is 0.326 e. The minimum absolute atomic E-state index is 0.00626. The molecule has 558 valence electrons. The normalized spacial score (nSPS) is 18.7. The Morgan fingerprint density at radius 1 is 0.530 bits per heavy atom. The maximum absolute atomic E-state index is 14.7. The monoisotopic (exact) mass is 1420 g/mol. The lowest BCUT2D eigenvalue weighted by molar-refractivity contribution is -0.149. The molecule has 0 aromatic carbocycles. The van der Waals surface area contributed by atoms with Crippen LogP contribution in [0.25, 0.3) is 0 Å². The molecule has 0 unspecified atom stereocenters. The summed E-state index contributed by atoms with van der Waals surface area (Å²) in [6.45, 7) is 0.233. The quantitative estimate of drug-likeness (QED) is 0.0164. The molecule has 3 saturated heterocycles. The molecule has 3 fully saturated rings. The van der Waals surface area contributed by atoms with Crippen molar-refractivity contribution in [3.8, 4) is 0 Å². The van der Waals surface area contributed by atoms with Crippen molar-refractivity contribution in [2.45, 2.75) is 189 Å². The molecule has 13 atom stereocenters. The third kappa shape index (κ3) is 25.7. The van der Waals surface area contributed by atoms with Gasteiger partial charge in [0.2, 0.25) is 70.9 Å². The number of aliphatic carboxylic acids is 1. The zero-order valence-corrected chi connectivity index (χ0v) is 56.2. The van der Waals surface area contributed by atoms with Crippen LogP contribution in [0.4, 0.5) is 0 Å². The fourth-order valence-electron chi connectivity index (χ4n) is 11.5. The second-order valence-electron chi connectivity index (χ2n) is 24.5. The molecule has 3 aliphatic rings. The minimum Gasteiger partial charge on any atom is -0.480 e. The molecule has 0 spiro atoms. The summed E-state index contributed by atoms with van der Waals surface area (Å²) in [7, 11) is 0. The summed E-state index contributed by atoms with van der Waals surface area (Å²) >= 11 is 0. The lowest BCUT2D eigenvalue weighted by atomic mass is 9.97. The standard InChI is InChI=1S/C59H100N24O17/c1-3-30(2)44(52(95)79-38(27-85)49(92)78-37(26-84)48(91)76-36(24-31-25-68-29-72-31)54(97)83-23-9-15-42(83)56(99)100)80-50(93)39(28-86)77-47(90)34(12-6-20-71-59(66)67)74-51(94)40-13-7-21-81(40)55(98)41-14-8-22-82(41)53(96)35(16-17-43(61)87)75-46(89)33(11-5-19-70-58(64)65)73-45(88)32(60)10-4-18-69-57(62)63/h25,29-30,32-42,44,84-86H,3-24,26-28,60H2,1-2H3,(H2,61,87)(H,68,72)(H,73,88)(H,74,94)(H,75,89)(H,76,91)(H,77,90)(H,78,92)(H,79,95)(H,80,93)(H,99,100)(H4,62,63,69)(H4,64,65,70)(H4,66,67,71)/t30-,32-,33-,34-,35-,36-,37-,38-,39-,40-,41-,42-,44-/m0/s1. The van der Waals surface area contributed by atoms with Crippen LogP contribution in [0.3, 0.4) is 0 Å². The van der Waals surface area contributed by atoms with E-state index in [0.29, 0.717) is 25.0 Å². The average molecular weight is 1420 g/mol. The Hall–Kier alpha value is -10.0. The number of rotatable bonds is 42. The summed E-state index contributed by atoms with van der Waals surface area (Å²) < 4.78 is 0. The van der Waals surface area contributed by atoms with Gasteiger partial charge in [-0.05, 0) is 89.4 Å². The van der Waals surface area contributed by atoms with Gasteiger partial charge in [0.25, 0.3) is 0 Å². The number of hydrogen-bond acceptors (Lipinski definition) is 21. The fraction of sp³-hybridized carbons (Fsp3) is 0.678. The van der Waals surface area contributed by atoms with E-state index in [1.165, 1.54) is 29.2 Å². The topological polar surface area (TPSA) is 683 Å². The Kier molecular flexibility index (Phi) is 34.1. The Bertz CT molecular complexity index is 3070. The number of imidazole rings is 1. The largest absolute Gasteiger partial charge is 0.480 e. The number of nitrogens with two attached hydrogens (primary N) is 8. The molecule has 41 heteroatoms. The van der Waals surface area contributed by atoms with Crippen LogP contribution in [0.15, 0.2) is 27.5 Å². The van der Waals surface area contributed by atoms with Gasteiger partial charge in [0.15, 0.2) is 17.9 Å². The molecule has 0 radical (unpaired) electrons. The third-order valence-electron chi connectivity index (χ3n) is 17.1. The van der Waals surface area contributed by atoms with E-state index in [2.05, 4.69) is 67.5 Å². The third-order valence-corrected chi connectivity index (χ3v) is 17.1. The van der Waals surface area contributed by atoms with Crippen LogP contribution in [0.5, 0.6) is 0 Å². The summed E-state index contributed by atoms with van der Waals surface area (Å²) in [5, 5.41) is 60.5. The molecule has 0 saturated carbocycles. The van der Waals surface area contributed by atoms with Gasteiger partial charge in [-0.1, -0.05) is 20.3 Å². The molecule has 100 heavy (non-hydrogen) atoms. The Morgan fingerprint density at radius 2 is 0.950 bits per heavy atom. The number of carbonyl (C=O) groups excluding carboxylic acids is 12. The highest BCUT2D eigenvalue weighted by Crippen LogP contribution is 2.27. The van der Waals surface area contributed by atoms with Crippen molar-refractivity contribution in [3.05, 3.63) is 18.2 Å².